The molecule has 4 nitrogen and oxygen atoms in total. The maximum absolute atomic E-state index is 13.9. The van der Waals surface area contributed by atoms with E-state index in [9.17, 15) is 13.5 Å². The lowest BCUT2D eigenvalue weighted by Crippen LogP contribution is -2.31. The van der Waals surface area contributed by atoms with Crippen molar-refractivity contribution in [3.8, 4) is 0 Å². The molecule has 5 rings (SSSR count). The molecule has 0 aliphatic heterocycles. The first-order valence-electron chi connectivity index (χ1n) is 10.3. The van der Waals surface area contributed by atoms with Gasteiger partial charge in [-0.2, -0.15) is 0 Å². The van der Waals surface area contributed by atoms with Gasteiger partial charge in [0.25, 0.3) is 0 Å². The molecule has 0 aliphatic carbocycles. The van der Waals surface area contributed by atoms with E-state index in [2.05, 4.69) is 4.98 Å². The summed E-state index contributed by atoms with van der Waals surface area (Å²) in [6.07, 6.45) is 0. The summed E-state index contributed by atoms with van der Waals surface area (Å²) in [7, 11) is -3.94. The number of nitrogens with one attached hydrogen (secondary N) is 1. The van der Waals surface area contributed by atoms with Crippen LogP contribution in [-0.4, -0.2) is 18.5 Å². The Kier molecular flexibility index (Phi) is 4.93. The lowest BCUT2D eigenvalue weighted by molar-refractivity contribution is 0.118. The molecule has 5 aromatic rings. The molecule has 0 unspecified atom stereocenters. The van der Waals surface area contributed by atoms with Gasteiger partial charge >= 0.3 is 0 Å². The number of benzene rings is 4. The molecular weight excluding hydrogens is 418 g/mol. The predicted molar refractivity (Wildman–Crippen MR) is 125 cm³/mol. The Morgan fingerprint density at radius 1 is 0.625 bits per heavy atom. The van der Waals surface area contributed by atoms with Crippen LogP contribution in [0, 0.1) is 0 Å². The zero-order valence-electron chi connectivity index (χ0n) is 17.1. The number of fused-ring (bicyclic) bond motifs is 1. The highest BCUT2D eigenvalue weighted by atomic mass is 32.2. The third kappa shape index (κ3) is 3.14. The smallest absolute Gasteiger partial charge is 0.209 e. The van der Waals surface area contributed by atoms with Crippen LogP contribution < -0.4 is 0 Å². The van der Waals surface area contributed by atoms with Gasteiger partial charge in [0.2, 0.25) is 9.84 Å². The fraction of sp³-hybridized carbons (Fsp3) is 0.0370. The minimum Gasteiger partial charge on any atom is -0.374 e. The van der Waals surface area contributed by atoms with Crippen LogP contribution >= 0.6 is 0 Å². The molecule has 2 N–H and O–H groups in total. The maximum Gasteiger partial charge on any atom is 0.209 e. The normalized spacial score (nSPS) is 12.2. The van der Waals surface area contributed by atoms with E-state index in [0.29, 0.717) is 22.0 Å². The second-order valence-corrected chi connectivity index (χ2v) is 9.52. The standard InChI is InChI=1S/C27H21NO3S/c29-27(20-12-4-1-5-13-20,21-14-6-2-7-15-21)26-25(23-18-10-11-19-24(23)28-26)32(30,31)22-16-8-3-9-17-22/h1-19,28-29H. The molecule has 0 amide bonds. The van der Waals surface area contributed by atoms with Crippen molar-refractivity contribution in [2.45, 2.75) is 15.4 Å². The number of rotatable bonds is 5. The van der Waals surface area contributed by atoms with E-state index >= 15 is 0 Å². The Morgan fingerprint density at radius 3 is 1.66 bits per heavy atom. The highest BCUT2D eigenvalue weighted by Gasteiger charge is 2.41. The molecule has 0 spiro atoms. The average molecular weight is 440 g/mol. The number of sulfone groups is 1. The largest absolute Gasteiger partial charge is 0.374 e. The second-order valence-electron chi connectivity index (χ2n) is 7.63. The fourth-order valence-corrected chi connectivity index (χ4v) is 5.87. The van der Waals surface area contributed by atoms with Crippen LogP contribution in [0.1, 0.15) is 16.8 Å². The Balaban J connectivity index is 1.91. The van der Waals surface area contributed by atoms with Gasteiger partial charge in [-0.25, -0.2) is 8.42 Å². The monoisotopic (exact) mass is 439 g/mol. The van der Waals surface area contributed by atoms with E-state index in [0.717, 1.165) is 0 Å². The van der Waals surface area contributed by atoms with Crippen LogP contribution in [0.2, 0.25) is 0 Å². The van der Waals surface area contributed by atoms with Crippen LogP contribution in [0.5, 0.6) is 0 Å². The van der Waals surface area contributed by atoms with E-state index in [-0.39, 0.29) is 15.5 Å². The van der Waals surface area contributed by atoms with Gasteiger partial charge in [0, 0.05) is 10.9 Å². The predicted octanol–water partition coefficient (Wildman–Crippen LogP) is 5.28. The van der Waals surface area contributed by atoms with Crippen molar-refractivity contribution in [2.75, 3.05) is 0 Å². The highest BCUT2D eigenvalue weighted by molar-refractivity contribution is 7.91. The molecule has 1 heterocycles. The molecule has 1 aromatic heterocycles. The SMILES string of the molecule is O=S(=O)(c1ccccc1)c1c(C(O)(c2ccccc2)c2ccccc2)[nH]c2ccccc12. The lowest BCUT2D eigenvalue weighted by atomic mass is 9.83. The molecule has 5 heteroatoms. The second kappa shape index (κ2) is 7.79. The minimum atomic E-state index is -3.94. The first-order chi connectivity index (χ1) is 15.5. The highest BCUT2D eigenvalue weighted by Crippen LogP contribution is 2.43. The third-order valence-corrected chi connectivity index (χ3v) is 7.58. The maximum atomic E-state index is 13.9. The Hall–Kier alpha value is -3.67. The van der Waals surface area contributed by atoms with Crippen molar-refractivity contribution in [1.82, 2.24) is 4.98 Å². The quantitative estimate of drug-likeness (QED) is 0.391. The van der Waals surface area contributed by atoms with Crippen LogP contribution in [0.25, 0.3) is 10.9 Å². The first kappa shape index (κ1) is 20.2. The Bertz CT molecular complexity index is 1440. The summed E-state index contributed by atoms with van der Waals surface area (Å²) >= 11 is 0. The topological polar surface area (TPSA) is 70.2 Å². The molecule has 158 valence electrons. The number of hydrogen-bond acceptors (Lipinski definition) is 3. The average Bonchev–Trinajstić information content (AvgIpc) is 3.26. The zero-order chi connectivity index (χ0) is 22.2. The number of hydrogen-bond donors (Lipinski definition) is 2. The van der Waals surface area contributed by atoms with Crippen LogP contribution in [-0.2, 0) is 15.4 Å². The molecular formula is C27H21NO3S. The number of para-hydroxylation sites is 1. The number of H-pyrrole nitrogens is 1. The summed E-state index contributed by atoms with van der Waals surface area (Å²) in [4.78, 5) is 3.50. The number of aromatic nitrogens is 1. The van der Waals surface area contributed by atoms with Crippen LogP contribution in [0.4, 0.5) is 0 Å². The van der Waals surface area contributed by atoms with Gasteiger partial charge < -0.3 is 10.1 Å². The summed E-state index contributed by atoms with van der Waals surface area (Å²) in [5, 5.41) is 12.9. The van der Waals surface area contributed by atoms with Crippen LogP contribution in [0.3, 0.4) is 0 Å². The van der Waals surface area contributed by atoms with E-state index < -0.39 is 15.4 Å². The van der Waals surface area contributed by atoms with Gasteiger partial charge in [0.1, 0.15) is 4.90 Å². The summed E-state index contributed by atoms with van der Waals surface area (Å²) < 4.78 is 27.8. The van der Waals surface area contributed by atoms with Gasteiger partial charge in [-0.1, -0.05) is 97.1 Å². The van der Waals surface area contributed by atoms with Gasteiger partial charge in [0.05, 0.1) is 10.6 Å². The molecule has 4 aromatic carbocycles. The van der Waals surface area contributed by atoms with E-state index in [1.54, 1.807) is 66.7 Å². The molecule has 0 aliphatic rings. The summed E-state index contributed by atoms with van der Waals surface area (Å²) in [5.41, 5.74) is 0.297. The van der Waals surface area contributed by atoms with Crippen molar-refractivity contribution in [1.29, 1.82) is 0 Å². The van der Waals surface area contributed by atoms with Crippen LogP contribution in [0.15, 0.2) is 125 Å². The molecule has 0 saturated heterocycles. The van der Waals surface area contributed by atoms with Crippen molar-refractivity contribution in [2.24, 2.45) is 0 Å². The Labute approximate surface area is 186 Å². The van der Waals surface area contributed by atoms with Gasteiger partial charge in [-0.15, -0.1) is 0 Å². The summed E-state index contributed by atoms with van der Waals surface area (Å²) in [6, 6.07) is 33.8. The fourth-order valence-electron chi connectivity index (χ4n) is 4.18. The van der Waals surface area contributed by atoms with E-state index in [4.69, 9.17) is 0 Å². The molecule has 32 heavy (non-hydrogen) atoms. The minimum absolute atomic E-state index is 0.0782. The zero-order valence-corrected chi connectivity index (χ0v) is 18.0. The van der Waals surface area contributed by atoms with Crippen molar-refractivity contribution in [3.63, 3.8) is 0 Å². The molecule has 0 bridgehead atoms. The molecule has 0 atom stereocenters. The molecule has 0 fully saturated rings. The van der Waals surface area contributed by atoms with E-state index in [1.807, 2.05) is 48.5 Å². The first-order valence-corrected chi connectivity index (χ1v) is 11.8. The van der Waals surface area contributed by atoms with Crippen molar-refractivity contribution < 1.29 is 13.5 Å². The third-order valence-electron chi connectivity index (χ3n) is 5.73. The van der Waals surface area contributed by atoms with Gasteiger partial charge in [-0.05, 0) is 29.3 Å². The lowest BCUT2D eigenvalue weighted by Gasteiger charge is -2.30. The summed E-state index contributed by atoms with van der Waals surface area (Å²) in [5.74, 6) is 0. The molecule has 0 saturated carbocycles. The summed E-state index contributed by atoms with van der Waals surface area (Å²) in [6.45, 7) is 0. The van der Waals surface area contributed by atoms with Gasteiger partial charge in [-0.3, -0.25) is 0 Å². The van der Waals surface area contributed by atoms with E-state index in [1.165, 1.54) is 0 Å². The van der Waals surface area contributed by atoms with Crippen molar-refractivity contribution >= 4 is 20.7 Å². The number of aromatic amines is 1. The molecule has 0 radical (unpaired) electrons. The Morgan fingerprint density at radius 2 is 1.09 bits per heavy atom. The van der Waals surface area contributed by atoms with Gasteiger partial charge in [0.15, 0.2) is 5.60 Å². The van der Waals surface area contributed by atoms with Crippen molar-refractivity contribution in [3.05, 3.63) is 132 Å². The number of aliphatic hydroxyl groups is 1.